The molecule has 0 unspecified atom stereocenters. The predicted molar refractivity (Wildman–Crippen MR) is 119 cm³/mol. The van der Waals surface area contributed by atoms with Gasteiger partial charge in [0.05, 0.1) is 10.5 Å². The summed E-state index contributed by atoms with van der Waals surface area (Å²) < 4.78 is 91.7. The largest absolute Gasteiger partial charge is 0.416 e. The Morgan fingerprint density at radius 2 is 1.64 bits per heavy atom. The molecule has 13 heteroatoms. The molecule has 0 spiro atoms. The summed E-state index contributed by atoms with van der Waals surface area (Å²) in [6, 6.07) is 4.86. The number of benzene rings is 2. The number of carbonyl (C=O) groups is 2. The molecule has 2 aromatic carbocycles. The molecular formula is C23H24F5N3O4S. The third kappa shape index (κ3) is 6.78. The van der Waals surface area contributed by atoms with Gasteiger partial charge in [-0.15, -0.1) is 0 Å². The van der Waals surface area contributed by atoms with Gasteiger partial charge in [-0.25, -0.2) is 17.2 Å². The average molecular weight is 534 g/mol. The lowest BCUT2D eigenvalue weighted by molar-refractivity contribution is -0.137. The molecule has 7 nitrogen and oxygen atoms in total. The molecule has 3 rings (SSSR count). The Morgan fingerprint density at radius 1 is 1.03 bits per heavy atom. The van der Waals surface area contributed by atoms with Crippen molar-refractivity contribution in [3.8, 4) is 0 Å². The molecule has 36 heavy (non-hydrogen) atoms. The Hall–Kier alpha value is -3.06. The Bertz CT molecular complexity index is 1210. The van der Waals surface area contributed by atoms with E-state index in [2.05, 4.69) is 10.6 Å². The molecule has 1 fully saturated rings. The van der Waals surface area contributed by atoms with E-state index in [9.17, 15) is 40.0 Å². The van der Waals surface area contributed by atoms with Crippen LogP contribution in [0.2, 0.25) is 0 Å². The van der Waals surface area contributed by atoms with Crippen molar-refractivity contribution in [2.45, 2.75) is 49.3 Å². The van der Waals surface area contributed by atoms with Gasteiger partial charge in [0.25, 0.3) is 0 Å². The Kier molecular flexibility index (Phi) is 8.34. The van der Waals surface area contributed by atoms with Gasteiger partial charge in [-0.1, -0.05) is 6.07 Å². The molecule has 0 saturated carbocycles. The van der Waals surface area contributed by atoms with Crippen LogP contribution in [0.1, 0.15) is 30.9 Å². The van der Waals surface area contributed by atoms with Gasteiger partial charge < -0.3 is 10.6 Å². The smallest absolute Gasteiger partial charge is 0.351 e. The van der Waals surface area contributed by atoms with Crippen molar-refractivity contribution in [3.63, 3.8) is 0 Å². The van der Waals surface area contributed by atoms with Crippen LogP contribution in [0, 0.1) is 11.6 Å². The summed E-state index contributed by atoms with van der Waals surface area (Å²) in [7, 11) is -4.03. The van der Waals surface area contributed by atoms with Gasteiger partial charge in [-0.05, 0) is 54.8 Å². The van der Waals surface area contributed by atoms with E-state index >= 15 is 0 Å². The molecule has 1 saturated heterocycles. The van der Waals surface area contributed by atoms with Crippen LogP contribution in [0.15, 0.2) is 47.4 Å². The molecule has 2 aromatic rings. The van der Waals surface area contributed by atoms with Gasteiger partial charge in [0, 0.05) is 32.5 Å². The fraction of sp³-hybridized carbons (Fsp3) is 0.391. The minimum absolute atomic E-state index is 0.0161. The van der Waals surface area contributed by atoms with Crippen molar-refractivity contribution in [1.29, 1.82) is 0 Å². The van der Waals surface area contributed by atoms with Gasteiger partial charge in [-0.3, -0.25) is 9.59 Å². The topological polar surface area (TPSA) is 95.6 Å². The van der Waals surface area contributed by atoms with Crippen LogP contribution in [-0.2, 0) is 32.2 Å². The maximum Gasteiger partial charge on any atom is 0.416 e. The third-order valence-corrected chi connectivity index (χ3v) is 7.65. The normalized spacial score (nSPS) is 16.4. The van der Waals surface area contributed by atoms with E-state index in [1.807, 2.05) is 0 Å². The highest BCUT2D eigenvalue weighted by atomic mass is 32.2. The van der Waals surface area contributed by atoms with Crippen LogP contribution < -0.4 is 10.6 Å². The van der Waals surface area contributed by atoms with Gasteiger partial charge in [0.1, 0.15) is 6.04 Å². The van der Waals surface area contributed by atoms with Gasteiger partial charge >= 0.3 is 6.18 Å². The molecule has 0 aromatic heterocycles. The molecule has 1 heterocycles. The van der Waals surface area contributed by atoms with Gasteiger partial charge in [0.15, 0.2) is 11.6 Å². The van der Waals surface area contributed by atoms with Crippen LogP contribution in [-0.4, -0.2) is 49.7 Å². The van der Waals surface area contributed by atoms with E-state index in [1.54, 1.807) is 0 Å². The Labute approximate surface area is 204 Å². The number of hydrogen-bond donors (Lipinski definition) is 2. The number of hydrogen-bond acceptors (Lipinski definition) is 4. The summed E-state index contributed by atoms with van der Waals surface area (Å²) in [4.78, 5) is 24.1. The van der Waals surface area contributed by atoms with Crippen molar-refractivity contribution >= 4 is 21.8 Å². The number of nitrogens with one attached hydrogen (secondary N) is 2. The molecule has 0 radical (unpaired) electrons. The predicted octanol–water partition coefficient (Wildman–Crippen LogP) is 3.00. The number of carbonyl (C=O) groups excluding carboxylic acids is 2. The lowest BCUT2D eigenvalue weighted by Crippen LogP contribution is -2.53. The second kappa shape index (κ2) is 10.9. The number of nitrogens with zero attached hydrogens (tertiary/aromatic N) is 1. The molecule has 1 aliphatic rings. The number of amides is 2. The first kappa shape index (κ1) is 27.5. The lowest BCUT2D eigenvalue weighted by Gasteiger charge is -2.32. The first-order valence-corrected chi connectivity index (χ1v) is 12.4. The minimum Gasteiger partial charge on any atom is -0.351 e. The van der Waals surface area contributed by atoms with Crippen LogP contribution in [0.3, 0.4) is 0 Å². The highest BCUT2D eigenvalue weighted by Crippen LogP contribution is 2.30. The van der Waals surface area contributed by atoms with Crippen molar-refractivity contribution in [2.75, 3.05) is 13.1 Å². The average Bonchev–Trinajstić information content (AvgIpc) is 2.80. The van der Waals surface area contributed by atoms with Crippen molar-refractivity contribution in [1.82, 2.24) is 14.9 Å². The molecule has 0 bridgehead atoms. The van der Waals surface area contributed by atoms with E-state index in [0.717, 1.165) is 28.6 Å². The fourth-order valence-electron chi connectivity index (χ4n) is 3.86. The fourth-order valence-corrected chi connectivity index (χ4v) is 5.33. The van der Waals surface area contributed by atoms with E-state index in [4.69, 9.17) is 0 Å². The zero-order valence-electron chi connectivity index (χ0n) is 19.1. The molecular weight excluding hydrogens is 509 g/mol. The van der Waals surface area contributed by atoms with Crippen molar-refractivity contribution in [2.24, 2.45) is 0 Å². The molecule has 1 atom stereocenters. The zero-order chi connectivity index (χ0) is 26.7. The summed E-state index contributed by atoms with van der Waals surface area (Å²) in [6.07, 6.45) is -4.23. The Morgan fingerprint density at radius 3 is 2.17 bits per heavy atom. The van der Waals surface area contributed by atoms with Crippen LogP contribution in [0.5, 0.6) is 0 Å². The summed E-state index contributed by atoms with van der Waals surface area (Å²) in [5.41, 5.74) is -0.666. The monoisotopic (exact) mass is 533 g/mol. The van der Waals surface area contributed by atoms with Crippen LogP contribution in [0.4, 0.5) is 22.0 Å². The number of halogens is 5. The SMILES string of the molecule is CC(=O)N[C@@H](Cc1ccc(F)c(F)c1)C(=O)NC1CCN(S(=O)(=O)c2ccc(C(F)(F)F)cc2)CC1. The highest BCUT2D eigenvalue weighted by Gasteiger charge is 2.33. The second-order valence-corrected chi connectivity index (χ2v) is 10.4. The maximum atomic E-state index is 13.5. The van der Waals surface area contributed by atoms with Crippen molar-refractivity contribution in [3.05, 3.63) is 65.2 Å². The minimum atomic E-state index is -4.58. The van der Waals surface area contributed by atoms with Crippen LogP contribution >= 0.6 is 0 Å². The van der Waals surface area contributed by atoms with Crippen molar-refractivity contribution < 1.29 is 40.0 Å². The number of piperidine rings is 1. The quantitative estimate of drug-likeness (QED) is 0.535. The van der Waals surface area contributed by atoms with Gasteiger partial charge in [0.2, 0.25) is 21.8 Å². The standard InChI is InChI=1S/C23H24F5N3O4S/c1-14(32)29-21(13-15-2-7-19(24)20(25)12-15)22(33)30-17-8-10-31(11-9-17)36(34,35)18-5-3-16(4-6-18)23(26,27)28/h2-7,12,17,21H,8-11,13H2,1H3,(H,29,32)(H,30,33)/t21-/m0/s1. The molecule has 1 aliphatic heterocycles. The highest BCUT2D eigenvalue weighted by molar-refractivity contribution is 7.89. The van der Waals surface area contributed by atoms with E-state index in [1.165, 1.54) is 13.0 Å². The van der Waals surface area contributed by atoms with Crippen LogP contribution in [0.25, 0.3) is 0 Å². The second-order valence-electron chi connectivity index (χ2n) is 8.41. The first-order chi connectivity index (χ1) is 16.8. The van der Waals surface area contributed by atoms with E-state index in [0.29, 0.717) is 17.7 Å². The summed E-state index contributed by atoms with van der Waals surface area (Å²) in [6.45, 7) is 1.24. The number of alkyl halides is 3. The lowest BCUT2D eigenvalue weighted by atomic mass is 10.0. The summed E-state index contributed by atoms with van der Waals surface area (Å²) in [5.74, 6) is -3.21. The number of rotatable bonds is 7. The molecule has 2 amide bonds. The summed E-state index contributed by atoms with van der Waals surface area (Å²) >= 11 is 0. The molecule has 0 aliphatic carbocycles. The maximum absolute atomic E-state index is 13.5. The Balaban J connectivity index is 1.61. The third-order valence-electron chi connectivity index (χ3n) is 5.74. The molecule has 2 N–H and O–H groups in total. The van der Waals surface area contributed by atoms with Gasteiger partial charge in [-0.2, -0.15) is 17.5 Å². The molecule has 196 valence electrons. The zero-order valence-corrected chi connectivity index (χ0v) is 19.9. The van der Waals surface area contributed by atoms with E-state index in [-0.39, 0.29) is 37.2 Å². The van der Waals surface area contributed by atoms with E-state index < -0.39 is 57.3 Å². The summed E-state index contributed by atoms with van der Waals surface area (Å²) in [5, 5.41) is 5.21. The number of sulfonamides is 1. The first-order valence-electron chi connectivity index (χ1n) is 11.0.